The van der Waals surface area contributed by atoms with Gasteiger partial charge in [0.1, 0.15) is 0 Å². The van der Waals surface area contributed by atoms with Crippen LogP contribution in [0.3, 0.4) is 0 Å². The summed E-state index contributed by atoms with van der Waals surface area (Å²) in [7, 11) is 1.86. The van der Waals surface area contributed by atoms with Crippen LogP contribution in [0.2, 0.25) is 0 Å². The van der Waals surface area contributed by atoms with Crippen molar-refractivity contribution < 1.29 is 0 Å². The molecule has 0 bridgehead atoms. The summed E-state index contributed by atoms with van der Waals surface area (Å²) >= 11 is 0. The third-order valence-electron chi connectivity index (χ3n) is 2.17. The van der Waals surface area contributed by atoms with E-state index in [9.17, 15) is 4.79 Å². The topological polar surface area (TPSA) is 34.0 Å². The molecule has 12 heavy (non-hydrogen) atoms. The van der Waals surface area contributed by atoms with Crippen molar-refractivity contribution in [2.75, 3.05) is 12.4 Å². The van der Waals surface area contributed by atoms with Gasteiger partial charge in [0.2, 0.25) is 0 Å². The number of pyridine rings is 1. The molecule has 0 atom stereocenters. The molecule has 1 aromatic rings. The van der Waals surface area contributed by atoms with Crippen LogP contribution in [0.4, 0.5) is 5.69 Å². The predicted octanol–water partition coefficient (Wildman–Crippen LogP) is 1.22. The first kappa shape index (κ1) is 7.40. The molecule has 0 spiro atoms. The summed E-state index contributed by atoms with van der Waals surface area (Å²) in [6.45, 7) is 0. The molecule has 1 aliphatic rings. The van der Waals surface area contributed by atoms with E-state index in [1.807, 2.05) is 17.8 Å². The van der Waals surface area contributed by atoms with Crippen LogP contribution in [0.1, 0.15) is 18.9 Å². The minimum Gasteiger partial charge on any atom is -0.387 e. The van der Waals surface area contributed by atoms with Crippen LogP contribution in [0.5, 0.6) is 0 Å². The minimum atomic E-state index is 0.108. The molecule has 2 rings (SSSR count). The Balaban J connectivity index is 2.43. The maximum Gasteiger partial charge on any atom is 0.250 e. The smallest absolute Gasteiger partial charge is 0.250 e. The zero-order valence-corrected chi connectivity index (χ0v) is 7.08. The van der Waals surface area contributed by atoms with Crippen molar-refractivity contribution in [3.05, 3.63) is 28.7 Å². The molecular formula is C9H12N2O. The third-order valence-corrected chi connectivity index (χ3v) is 2.17. The van der Waals surface area contributed by atoms with Crippen molar-refractivity contribution in [3.8, 4) is 0 Å². The van der Waals surface area contributed by atoms with Gasteiger partial charge in [-0.2, -0.15) is 0 Å². The van der Waals surface area contributed by atoms with E-state index in [0.29, 0.717) is 6.04 Å². The molecule has 0 radical (unpaired) electrons. The minimum absolute atomic E-state index is 0.108. The van der Waals surface area contributed by atoms with E-state index in [-0.39, 0.29) is 5.56 Å². The lowest BCUT2D eigenvalue weighted by molar-refractivity contribution is 0.708. The molecule has 0 unspecified atom stereocenters. The Kier molecular flexibility index (Phi) is 1.64. The molecule has 1 aliphatic carbocycles. The molecule has 64 valence electrons. The number of nitrogens with one attached hydrogen (secondary N) is 1. The fraction of sp³-hybridized carbons (Fsp3) is 0.444. The second-order valence-electron chi connectivity index (χ2n) is 3.14. The molecule has 0 saturated heterocycles. The highest BCUT2D eigenvalue weighted by Crippen LogP contribution is 2.33. The normalized spacial score (nSPS) is 16.1. The van der Waals surface area contributed by atoms with Crippen LogP contribution < -0.4 is 10.9 Å². The molecule has 0 aliphatic heterocycles. The monoisotopic (exact) mass is 164 g/mol. The highest BCUT2D eigenvalue weighted by atomic mass is 16.1. The lowest BCUT2D eigenvalue weighted by Gasteiger charge is -2.05. The zero-order chi connectivity index (χ0) is 8.55. The highest BCUT2D eigenvalue weighted by molar-refractivity contribution is 5.39. The van der Waals surface area contributed by atoms with E-state index in [1.54, 1.807) is 12.1 Å². The number of aromatic nitrogens is 1. The van der Waals surface area contributed by atoms with Crippen molar-refractivity contribution in [1.29, 1.82) is 0 Å². The van der Waals surface area contributed by atoms with Gasteiger partial charge in [-0.05, 0) is 18.9 Å². The lowest BCUT2D eigenvalue weighted by Crippen LogP contribution is -2.17. The summed E-state index contributed by atoms with van der Waals surface area (Å²) in [5, 5.41) is 3.02. The van der Waals surface area contributed by atoms with Crippen LogP contribution in [-0.4, -0.2) is 11.6 Å². The average molecular weight is 164 g/mol. The van der Waals surface area contributed by atoms with E-state index < -0.39 is 0 Å². The van der Waals surface area contributed by atoms with E-state index in [1.165, 1.54) is 0 Å². The van der Waals surface area contributed by atoms with Crippen LogP contribution in [-0.2, 0) is 0 Å². The molecule has 1 N–H and O–H groups in total. The summed E-state index contributed by atoms with van der Waals surface area (Å²) < 4.78 is 1.81. The van der Waals surface area contributed by atoms with Crippen molar-refractivity contribution >= 4 is 5.69 Å². The molecule has 1 saturated carbocycles. The largest absolute Gasteiger partial charge is 0.387 e. The number of hydrogen-bond donors (Lipinski definition) is 1. The first-order valence-electron chi connectivity index (χ1n) is 4.21. The number of rotatable bonds is 2. The van der Waals surface area contributed by atoms with E-state index in [4.69, 9.17) is 0 Å². The Morgan fingerprint density at radius 1 is 1.50 bits per heavy atom. The van der Waals surface area contributed by atoms with Crippen molar-refractivity contribution in [2.24, 2.45) is 0 Å². The molecule has 0 aromatic carbocycles. The van der Waals surface area contributed by atoms with Crippen molar-refractivity contribution in [1.82, 2.24) is 4.57 Å². The Morgan fingerprint density at radius 3 is 2.83 bits per heavy atom. The zero-order valence-electron chi connectivity index (χ0n) is 7.08. The van der Waals surface area contributed by atoms with Crippen LogP contribution in [0.25, 0.3) is 0 Å². The molecule has 0 amide bonds. The average Bonchev–Trinajstić information content (AvgIpc) is 2.88. The second-order valence-corrected chi connectivity index (χ2v) is 3.14. The van der Waals surface area contributed by atoms with Gasteiger partial charge in [0.25, 0.3) is 5.56 Å². The molecule has 3 nitrogen and oxygen atoms in total. The Morgan fingerprint density at radius 2 is 2.25 bits per heavy atom. The molecule has 1 fully saturated rings. The first-order valence-corrected chi connectivity index (χ1v) is 4.21. The summed E-state index contributed by atoms with van der Waals surface area (Å²) in [4.78, 5) is 11.3. The fourth-order valence-electron chi connectivity index (χ4n) is 1.29. The highest BCUT2D eigenvalue weighted by Gasteiger charge is 2.24. The second kappa shape index (κ2) is 2.66. The predicted molar refractivity (Wildman–Crippen MR) is 48.5 cm³/mol. The lowest BCUT2D eigenvalue weighted by atomic mass is 10.4. The van der Waals surface area contributed by atoms with Gasteiger partial charge in [0.05, 0.1) is 5.69 Å². The van der Waals surface area contributed by atoms with Crippen LogP contribution >= 0.6 is 0 Å². The standard InChI is InChI=1S/C9H12N2O/c1-10-7-2-5-9(12)11(6-7)8-3-4-8/h2,5-6,8,10H,3-4H2,1H3. The summed E-state index contributed by atoms with van der Waals surface area (Å²) in [5.74, 6) is 0. The SMILES string of the molecule is CNc1ccc(=O)n(C2CC2)c1. The number of nitrogens with zero attached hydrogens (tertiary/aromatic N) is 1. The Hall–Kier alpha value is -1.25. The van der Waals surface area contributed by atoms with Gasteiger partial charge in [-0.15, -0.1) is 0 Å². The molecule has 3 heteroatoms. The molecule has 1 heterocycles. The third kappa shape index (κ3) is 1.22. The van der Waals surface area contributed by atoms with Crippen molar-refractivity contribution in [3.63, 3.8) is 0 Å². The van der Waals surface area contributed by atoms with E-state index >= 15 is 0 Å². The van der Waals surface area contributed by atoms with Gasteiger partial charge < -0.3 is 9.88 Å². The summed E-state index contributed by atoms with van der Waals surface area (Å²) in [6, 6.07) is 3.89. The summed E-state index contributed by atoms with van der Waals surface area (Å²) in [5.41, 5.74) is 1.11. The van der Waals surface area contributed by atoms with Gasteiger partial charge in [-0.25, -0.2) is 0 Å². The fourth-order valence-corrected chi connectivity index (χ4v) is 1.29. The number of hydrogen-bond acceptors (Lipinski definition) is 2. The Bertz CT molecular complexity index is 339. The van der Waals surface area contributed by atoms with E-state index in [0.717, 1.165) is 18.5 Å². The Labute approximate surface area is 71.0 Å². The van der Waals surface area contributed by atoms with Gasteiger partial charge in [-0.1, -0.05) is 0 Å². The number of anilines is 1. The van der Waals surface area contributed by atoms with Crippen LogP contribution in [0.15, 0.2) is 23.1 Å². The van der Waals surface area contributed by atoms with Gasteiger partial charge in [0.15, 0.2) is 0 Å². The molecule has 1 aromatic heterocycles. The maximum absolute atomic E-state index is 11.3. The van der Waals surface area contributed by atoms with Gasteiger partial charge >= 0.3 is 0 Å². The first-order chi connectivity index (χ1) is 5.81. The summed E-state index contributed by atoms with van der Waals surface area (Å²) in [6.07, 6.45) is 4.18. The van der Waals surface area contributed by atoms with Crippen LogP contribution in [0, 0.1) is 0 Å². The van der Waals surface area contributed by atoms with E-state index in [2.05, 4.69) is 5.32 Å². The molecular weight excluding hydrogens is 152 g/mol. The van der Waals surface area contributed by atoms with Crippen molar-refractivity contribution in [2.45, 2.75) is 18.9 Å². The van der Waals surface area contributed by atoms with Gasteiger partial charge in [-0.3, -0.25) is 4.79 Å². The maximum atomic E-state index is 11.3. The quantitative estimate of drug-likeness (QED) is 0.713. The van der Waals surface area contributed by atoms with Gasteiger partial charge in [0, 0.05) is 25.4 Å².